The van der Waals surface area contributed by atoms with Gasteiger partial charge in [0.1, 0.15) is 0 Å². The summed E-state index contributed by atoms with van der Waals surface area (Å²) in [6, 6.07) is 0. The van der Waals surface area contributed by atoms with E-state index in [9.17, 15) is 0 Å². The minimum absolute atomic E-state index is 0. The lowest BCUT2D eigenvalue weighted by molar-refractivity contribution is 1.11. The molecule has 2 nitrogen and oxygen atoms in total. The molecule has 0 bridgehead atoms. The first-order chi connectivity index (χ1) is 2.89. The second-order valence-corrected chi connectivity index (χ2v) is 1.80. The predicted molar refractivity (Wildman–Crippen MR) is 29.0 cm³/mol. The Bertz CT molecular complexity index is 116. The van der Waals surface area contributed by atoms with E-state index in [1.54, 1.807) is 6.20 Å². The van der Waals surface area contributed by atoms with Crippen LogP contribution in [0.25, 0.3) is 0 Å². The quantitative estimate of drug-likeness (QED) is 0.552. The average molecular weight is 120 g/mol. The Morgan fingerprint density at radius 1 is 1.71 bits per heavy atom. The fourth-order valence-corrected chi connectivity index (χ4v) is 0.617. The summed E-state index contributed by atoms with van der Waals surface area (Å²) in [6.07, 6.45) is 1.68. The van der Waals surface area contributed by atoms with Crippen molar-refractivity contribution in [1.29, 1.82) is 0 Å². The van der Waals surface area contributed by atoms with E-state index in [2.05, 4.69) is 4.98 Å². The van der Waals surface area contributed by atoms with Crippen molar-refractivity contribution in [1.82, 2.24) is 4.98 Å². The molecule has 0 aliphatic carbocycles. The molecule has 40 valence electrons. The summed E-state index contributed by atoms with van der Waals surface area (Å²) in [7, 11) is 0. The molecule has 0 fully saturated rings. The number of nitrogens with two attached hydrogens (primary N) is 1. The van der Waals surface area contributed by atoms with Crippen LogP contribution in [-0.4, -0.2) is 4.98 Å². The van der Waals surface area contributed by atoms with E-state index in [1.165, 1.54) is 11.3 Å². The first-order valence-electron chi connectivity index (χ1n) is 1.54. The summed E-state index contributed by atoms with van der Waals surface area (Å²) in [5.41, 5.74) is 5.19. The zero-order valence-electron chi connectivity index (χ0n) is 3.50. The summed E-state index contributed by atoms with van der Waals surface area (Å²) in [5.74, 6) is 0. The van der Waals surface area contributed by atoms with E-state index in [-0.39, 0.29) is 4.70 Å². The molecular formula is C3H5FN2S. The predicted octanol–water partition coefficient (Wildman–Crippen LogP) is 0.878. The van der Waals surface area contributed by atoms with Gasteiger partial charge in [-0.1, -0.05) is 0 Å². The van der Waals surface area contributed by atoms with Crippen LogP contribution >= 0.6 is 11.3 Å². The molecule has 0 saturated carbocycles. The molecule has 7 heavy (non-hydrogen) atoms. The lowest BCUT2D eigenvalue weighted by atomic mass is 11.0. The minimum Gasteiger partial charge on any atom is -0.375 e. The number of thiazole rings is 1. The van der Waals surface area contributed by atoms with Crippen LogP contribution in [0.3, 0.4) is 0 Å². The fraction of sp³-hybridized carbons (Fsp3) is 0. The van der Waals surface area contributed by atoms with E-state index in [1.807, 2.05) is 5.38 Å². The van der Waals surface area contributed by atoms with Gasteiger partial charge < -0.3 is 5.73 Å². The Balaban J connectivity index is 0.000000360. The molecule has 1 aromatic rings. The van der Waals surface area contributed by atoms with Crippen LogP contribution in [0.1, 0.15) is 0 Å². The van der Waals surface area contributed by atoms with Gasteiger partial charge in [0.2, 0.25) is 0 Å². The minimum atomic E-state index is 0. The molecule has 0 spiro atoms. The summed E-state index contributed by atoms with van der Waals surface area (Å²) in [5, 5.41) is 2.48. The SMILES string of the molecule is F.Nc1nccs1. The second-order valence-electron chi connectivity index (χ2n) is 0.870. The van der Waals surface area contributed by atoms with Gasteiger partial charge >= 0.3 is 0 Å². The molecule has 0 unspecified atom stereocenters. The molecule has 0 aromatic carbocycles. The van der Waals surface area contributed by atoms with E-state index < -0.39 is 0 Å². The van der Waals surface area contributed by atoms with Crippen molar-refractivity contribution in [3.63, 3.8) is 0 Å². The molecule has 1 rings (SSSR count). The van der Waals surface area contributed by atoms with Gasteiger partial charge in [-0.05, 0) is 0 Å². The Morgan fingerprint density at radius 3 is 2.57 bits per heavy atom. The molecule has 0 amide bonds. The summed E-state index contributed by atoms with van der Waals surface area (Å²) < 4.78 is 0. The van der Waals surface area contributed by atoms with Crippen molar-refractivity contribution in [2.24, 2.45) is 0 Å². The highest BCUT2D eigenvalue weighted by Gasteiger charge is 1.76. The maximum absolute atomic E-state index is 5.19. The van der Waals surface area contributed by atoms with Crippen molar-refractivity contribution in [2.45, 2.75) is 0 Å². The number of hydrogen-bond acceptors (Lipinski definition) is 3. The van der Waals surface area contributed by atoms with Gasteiger partial charge in [-0.3, -0.25) is 4.70 Å². The number of aromatic nitrogens is 1. The van der Waals surface area contributed by atoms with Crippen molar-refractivity contribution in [2.75, 3.05) is 5.73 Å². The summed E-state index contributed by atoms with van der Waals surface area (Å²) >= 11 is 1.44. The molecule has 0 atom stereocenters. The van der Waals surface area contributed by atoms with Crippen LogP contribution in [-0.2, 0) is 0 Å². The first-order valence-corrected chi connectivity index (χ1v) is 2.42. The van der Waals surface area contributed by atoms with Crippen molar-refractivity contribution in [3.05, 3.63) is 11.6 Å². The zero-order valence-corrected chi connectivity index (χ0v) is 4.31. The summed E-state index contributed by atoms with van der Waals surface area (Å²) in [6.45, 7) is 0. The van der Waals surface area contributed by atoms with Crippen LogP contribution in [0.2, 0.25) is 0 Å². The normalized spacial score (nSPS) is 7.43. The second kappa shape index (κ2) is 2.52. The standard InChI is InChI=1S/C3H4N2S.FH/c4-3-5-1-2-6-3;/h1-2H,(H2,4,5);1H. The Kier molecular flexibility index (Phi) is 2.29. The third-order valence-electron chi connectivity index (χ3n) is 0.451. The highest BCUT2D eigenvalue weighted by molar-refractivity contribution is 7.13. The third kappa shape index (κ3) is 1.50. The van der Waals surface area contributed by atoms with E-state index >= 15 is 0 Å². The van der Waals surface area contributed by atoms with Crippen LogP contribution < -0.4 is 5.73 Å². The monoisotopic (exact) mass is 120 g/mol. The molecule has 2 N–H and O–H groups in total. The molecule has 0 radical (unpaired) electrons. The Labute approximate surface area is 44.4 Å². The number of nitrogen functional groups attached to an aromatic ring is 1. The van der Waals surface area contributed by atoms with Crippen LogP contribution in [0.5, 0.6) is 0 Å². The van der Waals surface area contributed by atoms with Crippen LogP contribution in [0.15, 0.2) is 11.6 Å². The number of rotatable bonds is 0. The van der Waals surface area contributed by atoms with Gasteiger partial charge in [-0.25, -0.2) is 4.98 Å². The van der Waals surface area contributed by atoms with E-state index in [0.717, 1.165) is 0 Å². The van der Waals surface area contributed by atoms with Crippen LogP contribution in [0.4, 0.5) is 9.84 Å². The maximum atomic E-state index is 5.19. The number of halogens is 1. The highest BCUT2D eigenvalue weighted by Crippen LogP contribution is 2.02. The van der Waals surface area contributed by atoms with Gasteiger partial charge in [0.05, 0.1) is 0 Å². The number of anilines is 1. The van der Waals surface area contributed by atoms with Gasteiger partial charge in [0.15, 0.2) is 5.13 Å². The molecule has 0 aliphatic heterocycles. The molecule has 1 aromatic heterocycles. The fourth-order valence-electron chi connectivity index (χ4n) is 0.234. The van der Waals surface area contributed by atoms with Crippen LogP contribution in [0, 0.1) is 0 Å². The van der Waals surface area contributed by atoms with Gasteiger partial charge in [-0.15, -0.1) is 11.3 Å². The smallest absolute Gasteiger partial charge is 0.179 e. The molecule has 0 saturated heterocycles. The highest BCUT2D eigenvalue weighted by atomic mass is 32.1. The number of hydrogen-bond donors (Lipinski definition) is 1. The lowest BCUT2D eigenvalue weighted by Gasteiger charge is -1.67. The average Bonchev–Trinajstić information content (AvgIpc) is 1.86. The largest absolute Gasteiger partial charge is 0.375 e. The van der Waals surface area contributed by atoms with Gasteiger partial charge in [0, 0.05) is 11.6 Å². The van der Waals surface area contributed by atoms with Crippen molar-refractivity contribution >= 4 is 16.5 Å². The molecule has 1 heterocycles. The Morgan fingerprint density at radius 2 is 2.43 bits per heavy atom. The van der Waals surface area contributed by atoms with E-state index in [0.29, 0.717) is 5.13 Å². The first kappa shape index (κ1) is 6.36. The third-order valence-corrected chi connectivity index (χ3v) is 1.06. The van der Waals surface area contributed by atoms with Gasteiger partial charge in [-0.2, -0.15) is 0 Å². The lowest BCUT2D eigenvalue weighted by Crippen LogP contribution is -1.77. The van der Waals surface area contributed by atoms with Gasteiger partial charge in [0.25, 0.3) is 0 Å². The van der Waals surface area contributed by atoms with E-state index in [4.69, 9.17) is 5.73 Å². The molecule has 0 aliphatic rings. The Hall–Kier alpha value is -0.640. The van der Waals surface area contributed by atoms with Crippen molar-refractivity contribution < 1.29 is 4.70 Å². The zero-order chi connectivity index (χ0) is 4.41. The maximum Gasteiger partial charge on any atom is 0.179 e. The topological polar surface area (TPSA) is 38.9 Å². The summed E-state index contributed by atoms with van der Waals surface area (Å²) in [4.78, 5) is 3.71. The number of nitrogens with zero attached hydrogens (tertiary/aromatic N) is 1. The molecule has 4 heteroatoms. The molecular weight excluding hydrogens is 115 g/mol. The van der Waals surface area contributed by atoms with Crippen molar-refractivity contribution in [3.8, 4) is 0 Å².